The smallest absolute Gasteiger partial charge is 0.0973 e. The van der Waals surface area contributed by atoms with Gasteiger partial charge in [0.15, 0.2) is 0 Å². The fourth-order valence-electron chi connectivity index (χ4n) is 5.52. The standard InChI is InChI=1S/C32H18N6/c1-2-18-6-10-26-22-15-16-24(34-22)28-12-8-20-4-3-19-7-11-27(37-31(19)32(20)38-28)23-14-13-21(33-23)25-9-5-17(1)29(35-25)30(18)36-26/h1-16,33-34H. The van der Waals surface area contributed by atoms with Crippen molar-refractivity contribution < 1.29 is 0 Å². The number of nitrogens with one attached hydrogen (secondary N) is 2. The van der Waals surface area contributed by atoms with Gasteiger partial charge in [-0.2, -0.15) is 0 Å². The molecule has 9 rings (SSSR count). The second-order valence-corrected chi connectivity index (χ2v) is 9.78. The van der Waals surface area contributed by atoms with Crippen LogP contribution in [0, 0.1) is 0 Å². The lowest BCUT2D eigenvalue weighted by molar-refractivity contribution is 1.42. The maximum Gasteiger partial charge on any atom is 0.0973 e. The van der Waals surface area contributed by atoms with Crippen LogP contribution in [0.15, 0.2) is 97.1 Å². The molecule has 2 N–H and O–H groups in total. The molecule has 0 radical (unpaired) electrons. The summed E-state index contributed by atoms with van der Waals surface area (Å²) in [4.78, 5) is 27.4. The van der Waals surface area contributed by atoms with Gasteiger partial charge in [0.25, 0.3) is 0 Å². The molecule has 38 heavy (non-hydrogen) atoms. The Labute approximate surface area is 214 Å². The van der Waals surface area contributed by atoms with Crippen molar-refractivity contribution in [1.82, 2.24) is 29.9 Å². The molecule has 0 saturated carbocycles. The number of hydrogen-bond acceptors (Lipinski definition) is 4. The van der Waals surface area contributed by atoms with E-state index >= 15 is 0 Å². The third-order valence-corrected chi connectivity index (χ3v) is 7.52. The number of fused-ring (bicyclic) bond motifs is 12. The molecule has 0 amide bonds. The third-order valence-electron chi connectivity index (χ3n) is 7.52. The highest BCUT2D eigenvalue weighted by Crippen LogP contribution is 2.28. The summed E-state index contributed by atoms with van der Waals surface area (Å²) < 4.78 is 0. The lowest BCUT2D eigenvalue weighted by Crippen LogP contribution is -1.88. The van der Waals surface area contributed by atoms with Crippen molar-refractivity contribution in [2.24, 2.45) is 0 Å². The Morgan fingerprint density at radius 1 is 0.289 bits per heavy atom. The van der Waals surface area contributed by atoms with Gasteiger partial charge in [-0.25, -0.2) is 19.9 Å². The van der Waals surface area contributed by atoms with Crippen LogP contribution in [-0.4, -0.2) is 29.9 Å². The Balaban J connectivity index is 1.53. The monoisotopic (exact) mass is 486 g/mol. The van der Waals surface area contributed by atoms with Crippen molar-refractivity contribution in [2.45, 2.75) is 0 Å². The van der Waals surface area contributed by atoms with Gasteiger partial charge >= 0.3 is 0 Å². The topological polar surface area (TPSA) is 83.1 Å². The van der Waals surface area contributed by atoms with E-state index in [1.165, 1.54) is 0 Å². The van der Waals surface area contributed by atoms with Gasteiger partial charge in [-0.15, -0.1) is 0 Å². The van der Waals surface area contributed by atoms with Crippen LogP contribution < -0.4 is 0 Å². The Bertz CT molecular complexity index is 2120. The molecule has 0 spiro atoms. The van der Waals surface area contributed by atoms with E-state index in [-0.39, 0.29) is 0 Å². The summed E-state index contributed by atoms with van der Waals surface area (Å²) in [6, 6.07) is 33.3. The normalized spacial score (nSPS) is 12.2. The molecular formula is C32H18N6. The Hall–Kier alpha value is -5.36. The summed E-state index contributed by atoms with van der Waals surface area (Å²) in [6.07, 6.45) is 0. The quantitative estimate of drug-likeness (QED) is 0.215. The number of H-pyrrole nitrogens is 2. The van der Waals surface area contributed by atoms with Crippen molar-refractivity contribution >= 4 is 87.7 Å². The zero-order chi connectivity index (χ0) is 24.8. The largest absolute Gasteiger partial charge is 0.352 e. The summed E-state index contributed by atoms with van der Waals surface area (Å²) in [7, 11) is 0. The zero-order valence-electron chi connectivity index (χ0n) is 20.0. The predicted molar refractivity (Wildman–Crippen MR) is 155 cm³/mol. The minimum atomic E-state index is 0.865. The molecule has 0 aliphatic heterocycles. The van der Waals surface area contributed by atoms with Crippen LogP contribution in [0.3, 0.4) is 0 Å². The number of aromatic amines is 2. The van der Waals surface area contributed by atoms with Gasteiger partial charge in [0, 0.05) is 21.5 Å². The minimum absolute atomic E-state index is 0.865. The fourth-order valence-corrected chi connectivity index (χ4v) is 5.52. The number of nitrogens with zero attached hydrogens (tertiary/aromatic N) is 4. The molecule has 2 aromatic carbocycles. The van der Waals surface area contributed by atoms with E-state index in [4.69, 9.17) is 19.9 Å². The minimum Gasteiger partial charge on any atom is -0.352 e. The van der Waals surface area contributed by atoms with Crippen LogP contribution in [0.2, 0.25) is 0 Å². The number of benzene rings is 2. The van der Waals surface area contributed by atoms with Gasteiger partial charge in [0.1, 0.15) is 0 Å². The second-order valence-electron chi connectivity index (χ2n) is 9.78. The molecule has 176 valence electrons. The number of aromatic nitrogens is 6. The van der Waals surface area contributed by atoms with Crippen molar-refractivity contribution in [2.75, 3.05) is 0 Å². The van der Waals surface area contributed by atoms with Gasteiger partial charge in [-0.05, 0) is 48.5 Å². The molecule has 6 nitrogen and oxygen atoms in total. The summed E-state index contributed by atoms with van der Waals surface area (Å²) in [5, 5.41) is 4.22. The molecule has 0 aliphatic carbocycles. The number of hydrogen-bond donors (Lipinski definition) is 2. The Morgan fingerprint density at radius 3 is 0.789 bits per heavy atom. The van der Waals surface area contributed by atoms with Crippen LogP contribution in [0.1, 0.15) is 0 Å². The second kappa shape index (κ2) is 7.11. The van der Waals surface area contributed by atoms with E-state index in [1.807, 2.05) is 0 Å². The van der Waals surface area contributed by atoms with Crippen molar-refractivity contribution in [3.05, 3.63) is 97.1 Å². The maximum atomic E-state index is 5.08. The predicted octanol–water partition coefficient (Wildman–Crippen LogP) is 7.71. The molecule has 7 heterocycles. The van der Waals surface area contributed by atoms with Crippen molar-refractivity contribution in [3.8, 4) is 0 Å². The number of rotatable bonds is 0. The Morgan fingerprint density at radius 2 is 0.526 bits per heavy atom. The van der Waals surface area contributed by atoms with E-state index in [9.17, 15) is 0 Å². The van der Waals surface area contributed by atoms with Crippen LogP contribution in [0.5, 0.6) is 0 Å². The van der Waals surface area contributed by atoms with Gasteiger partial charge in [0.05, 0.1) is 66.2 Å². The summed E-state index contributed by atoms with van der Waals surface area (Å²) in [5.41, 5.74) is 10.7. The molecule has 0 saturated heterocycles. The lowest BCUT2D eigenvalue weighted by Gasteiger charge is -2.04. The SMILES string of the molecule is c1cc2ccc3nc2c2nc(ccc12)c1ccc([nH]1)c1ccc2ccc4ccc(nc4c2n1)c1ccc3[nH]1. The Kier molecular flexibility index (Phi) is 3.70. The van der Waals surface area contributed by atoms with E-state index in [0.717, 1.165) is 87.7 Å². The average Bonchev–Trinajstić information content (AvgIpc) is 3.67. The van der Waals surface area contributed by atoms with E-state index in [0.29, 0.717) is 0 Å². The molecule has 12 bridgehead atoms. The molecule has 0 fully saturated rings. The summed E-state index contributed by atoms with van der Waals surface area (Å²) in [6.45, 7) is 0. The molecule has 6 heteroatoms. The van der Waals surface area contributed by atoms with Gasteiger partial charge < -0.3 is 9.97 Å². The van der Waals surface area contributed by atoms with Crippen molar-refractivity contribution in [3.63, 3.8) is 0 Å². The average molecular weight is 487 g/mol. The zero-order valence-corrected chi connectivity index (χ0v) is 20.0. The molecule has 0 unspecified atom stereocenters. The van der Waals surface area contributed by atoms with Crippen LogP contribution in [0.25, 0.3) is 87.7 Å². The van der Waals surface area contributed by atoms with Crippen molar-refractivity contribution in [1.29, 1.82) is 0 Å². The first kappa shape index (κ1) is 19.8. The molecule has 0 atom stereocenters. The highest BCUT2D eigenvalue weighted by Gasteiger charge is 2.09. The van der Waals surface area contributed by atoms with Gasteiger partial charge in [-0.3, -0.25) is 0 Å². The first-order chi connectivity index (χ1) is 18.8. The van der Waals surface area contributed by atoms with Gasteiger partial charge in [0.2, 0.25) is 0 Å². The summed E-state index contributed by atoms with van der Waals surface area (Å²) in [5.74, 6) is 0. The first-order valence-electron chi connectivity index (χ1n) is 12.6. The van der Waals surface area contributed by atoms with Crippen LogP contribution in [-0.2, 0) is 0 Å². The van der Waals surface area contributed by atoms with Gasteiger partial charge in [-0.1, -0.05) is 48.5 Å². The van der Waals surface area contributed by atoms with E-state index < -0.39 is 0 Å². The van der Waals surface area contributed by atoms with E-state index in [2.05, 4.69) is 107 Å². The number of pyridine rings is 4. The third kappa shape index (κ3) is 2.77. The highest BCUT2D eigenvalue weighted by atomic mass is 14.8. The molecule has 9 aromatic rings. The molecule has 7 aromatic heterocycles. The van der Waals surface area contributed by atoms with Crippen LogP contribution in [0.4, 0.5) is 0 Å². The fraction of sp³-hybridized carbons (Fsp3) is 0. The molecular weight excluding hydrogens is 468 g/mol. The first-order valence-corrected chi connectivity index (χ1v) is 12.6. The van der Waals surface area contributed by atoms with Crippen LogP contribution >= 0.6 is 0 Å². The van der Waals surface area contributed by atoms with E-state index in [1.54, 1.807) is 0 Å². The lowest BCUT2D eigenvalue weighted by atomic mass is 10.1. The highest BCUT2D eigenvalue weighted by molar-refractivity contribution is 6.07. The molecule has 0 aliphatic rings. The summed E-state index contributed by atoms with van der Waals surface area (Å²) >= 11 is 0. The maximum absolute atomic E-state index is 5.08.